The number of nitrogens with zero attached hydrogens (tertiary/aromatic N) is 1. The SMILES string of the molecule is COc1cccc(OC)c1-c1cc(=S)nc(C(C)C)[nH]1. The summed E-state index contributed by atoms with van der Waals surface area (Å²) >= 11 is 5.25. The smallest absolute Gasteiger partial charge is 0.131 e. The number of aromatic amines is 1. The van der Waals surface area contributed by atoms with Crippen LogP contribution in [0.3, 0.4) is 0 Å². The van der Waals surface area contributed by atoms with E-state index in [1.165, 1.54) is 0 Å². The van der Waals surface area contributed by atoms with Crippen molar-refractivity contribution in [2.75, 3.05) is 14.2 Å². The first-order valence-electron chi connectivity index (χ1n) is 6.39. The van der Waals surface area contributed by atoms with E-state index in [1.54, 1.807) is 14.2 Å². The van der Waals surface area contributed by atoms with Gasteiger partial charge in [-0.2, -0.15) is 0 Å². The summed E-state index contributed by atoms with van der Waals surface area (Å²) in [7, 11) is 3.27. The summed E-state index contributed by atoms with van der Waals surface area (Å²) in [5, 5.41) is 0. The fourth-order valence-electron chi connectivity index (χ4n) is 2.00. The summed E-state index contributed by atoms with van der Waals surface area (Å²) in [5.74, 6) is 2.57. The highest BCUT2D eigenvalue weighted by Crippen LogP contribution is 2.37. The molecule has 20 heavy (non-hydrogen) atoms. The van der Waals surface area contributed by atoms with Crippen molar-refractivity contribution in [3.63, 3.8) is 0 Å². The second-order valence-electron chi connectivity index (χ2n) is 4.71. The van der Waals surface area contributed by atoms with Crippen LogP contribution in [-0.2, 0) is 0 Å². The lowest BCUT2D eigenvalue weighted by Crippen LogP contribution is -2.01. The van der Waals surface area contributed by atoms with E-state index in [-0.39, 0.29) is 5.92 Å². The number of H-pyrrole nitrogens is 1. The molecule has 4 nitrogen and oxygen atoms in total. The van der Waals surface area contributed by atoms with Crippen LogP contribution in [0.5, 0.6) is 11.5 Å². The highest BCUT2D eigenvalue weighted by atomic mass is 32.1. The van der Waals surface area contributed by atoms with E-state index in [1.807, 2.05) is 24.3 Å². The van der Waals surface area contributed by atoms with Gasteiger partial charge in [-0.15, -0.1) is 0 Å². The molecule has 106 valence electrons. The first-order valence-corrected chi connectivity index (χ1v) is 6.80. The lowest BCUT2D eigenvalue weighted by molar-refractivity contribution is 0.397. The predicted molar refractivity (Wildman–Crippen MR) is 82.1 cm³/mol. The minimum atomic E-state index is 0.261. The molecule has 0 spiro atoms. The van der Waals surface area contributed by atoms with Gasteiger partial charge in [0, 0.05) is 5.92 Å². The molecular weight excluding hydrogens is 272 g/mol. The Kier molecular flexibility index (Phi) is 4.39. The normalized spacial score (nSPS) is 10.7. The zero-order chi connectivity index (χ0) is 14.7. The van der Waals surface area contributed by atoms with Crippen molar-refractivity contribution in [3.8, 4) is 22.8 Å². The molecule has 0 fully saturated rings. The van der Waals surface area contributed by atoms with Crippen molar-refractivity contribution in [1.29, 1.82) is 0 Å². The van der Waals surface area contributed by atoms with Gasteiger partial charge in [0.15, 0.2) is 0 Å². The third-order valence-corrected chi connectivity index (χ3v) is 3.21. The predicted octanol–water partition coefficient (Wildman–Crippen LogP) is 3.95. The lowest BCUT2D eigenvalue weighted by atomic mass is 10.1. The summed E-state index contributed by atoms with van der Waals surface area (Å²) in [6.07, 6.45) is 0. The van der Waals surface area contributed by atoms with E-state index in [4.69, 9.17) is 21.7 Å². The molecule has 0 bridgehead atoms. The van der Waals surface area contributed by atoms with Crippen molar-refractivity contribution >= 4 is 12.2 Å². The minimum absolute atomic E-state index is 0.261. The Morgan fingerprint density at radius 3 is 2.25 bits per heavy atom. The average molecular weight is 290 g/mol. The Morgan fingerprint density at radius 2 is 1.75 bits per heavy atom. The second-order valence-corrected chi connectivity index (χ2v) is 5.13. The van der Waals surface area contributed by atoms with Gasteiger partial charge in [-0.3, -0.25) is 0 Å². The zero-order valence-corrected chi connectivity index (χ0v) is 12.9. The van der Waals surface area contributed by atoms with Crippen molar-refractivity contribution in [1.82, 2.24) is 9.97 Å². The topological polar surface area (TPSA) is 47.1 Å². The monoisotopic (exact) mass is 290 g/mol. The number of hydrogen-bond acceptors (Lipinski definition) is 4. The number of rotatable bonds is 4. The molecule has 0 atom stereocenters. The molecule has 0 saturated carbocycles. The van der Waals surface area contributed by atoms with Crippen molar-refractivity contribution < 1.29 is 9.47 Å². The fraction of sp³-hybridized carbons (Fsp3) is 0.333. The largest absolute Gasteiger partial charge is 0.496 e. The average Bonchev–Trinajstić information content (AvgIpc) is 2.45. The van der Waals surface area contributed by atoms with Crippen molar-refractivity contribution in [2.24, 2.45) is 0 Å². The second kappa shape index (κ2) is 6.05. The maximum Gasteiger partial charge on any atom is 0.131 e. The van der Waals surface area contributed by atoms with E-state index in [2.05, 4.69) is 23.8 Å². The van der Waals surface area contributed by atoms with Crippen LogP contribution in [0, 0.1) is 4.64 Å². The molecule has 0 amide bonds. The van der Waals surface area contributed by atoms with Crippen LogP contribution in [0.15, 0.2) is 24.3 Å². The first-order chi connectivity index (χ1) is 9.56. The maximum atomic E-state index is 5.43. The first kappa shape index (κ1) is 14.5. The molecule has 1 aromatic heterocycles. The fourth-order valence-corrected chi connectivity index (χ4v) is 2.22. The van der Waals surface area contributed by atoms with Gasteiger partial charge in [0.1, 0.15) is 22.0 Å². The van der Waals surface area contributed by atoms with E-state index < -0.39 is 0 Å². The summed E-state index contributed by atoms with van der Waals surface area (Å²) in [4.78, 5) is 7.66. The van der Waals surface area contributed by atoms with Crippen molar-refractivity contribution in [3.05, 3.63) is 34.7 Å². The summed E-state index contributed by atoms with van der Waals surface area (Å²) in [6.45, 7) is 4.13. The van der Waals surface area contributed by atoms with Crippen LogP contribution in [0.2, 0.25) is 0 Å². The van der Waals surface area contributed by atoms with E-state index >= 15 is 0 Å². The van der Waals surface area contributed by atoms with Crippen LogP contribution in [0.4, 0.5) is 0 Å². The van der Waals surface area contributed by atoms with Gasteiger partial charge >= 0.3 is 0 Å². The summed E-state index contributed by atoms with van der Waals surface area (Å²) in [6, 6.07) is 7.50. The molecule has 2 aromatic rings. The highest BCUT2D eigenvalue weighted by Gasteiger charge is 2.14. The molecular formula is C15H18N2O2S. The molecule has 1 N–H and O–H groups in total. The highest BCUT2D eigenvalue weighted by molar-refractivity contribution is 7.71. The van der Waals surface area contributed by atoms with E-state index in [9.17, 15) is 0 Å². The maximum absolute atomic E-state index is 5.43. The van der Waals surface area contributed by atoms with Gasteiger partial charge in [-0.25, -0.2) is 4.98 Å². The third-order valence-electron chi connectivity index (χ3n) is 3.01. The number of benzene rings is 1. The molecule has 0 unspecified atom stereocenters. The molecule has 1 heterocycles. The molecule has 0 aliphatic rings. The Hall–Kier alpha value is -1.88. The molecule has 0 radical (unpaired) electrons. The molecule has 0 aliphatic carbocycles. The molecule has 0 saturated heterocycles. The van der Waals surface area contributed by atoms with Crippen molar-refractivity contribution in [2.45, 2.75) is 19.8 Å². The minimum Gasteiger partial charge on any atom is -0.496 e. The van der Waals surface area contributed by atoms with Crippen LogP contribution >= 0.6 is 12.2 Å². The molecule has 1 aromatic carbocycles. The lowest BCUT2D eigenvalue weighted by Gasteiger charge is -2.14. The third kappa shape index (κ3) is 2.82. The zero-order valence-electron chi connectivity index (χ0n) is 12.1. The Morgan fingerprint density at radius 1 is 1.15 bits per heavy atom. The van der Waals surface area contributed by atoms with Gasteiger partial charge < -0.3 is 14.5 Å². The van der Waals surface area contributed by atoms with Crippen LogP contribution in [-0.4, -0.2) is 24.2 Å². The van der Waals surface area contributed by atoms with Gasteiger partial charge in [0.05, 0.1) is 25.5 Å². The van der Waals surface area contributed by atoms with Crippen LogP contribution in [0.25, 0.3) is 11.3 Å². The number of nitrogens with one attached hydrogen (secondary N) is 1. The molecule has 0 aliphatic heterocycles. The van der Waals surface area contributed by atoms with E-state index in [0.29, 0.717) is 4.64 Å². The Balaban J connectivity index is 2.70. The molecule has 2 rings (SSSR count). The Labute approximate surface area is 123 Å². The Bertz CT molecular complexity index is 643. The number of methoxy groups -OCH3 is 2. The van der Waals surface area contributed by atoms with Gasteiger partial charge in [-0.1, -0.05) is 32.1 Å². The van der Waals surface area contributed by atoms with Gasteiger partial charge in [-0.05, 0) is 18.2 Å². The summed E-state index contributed by atoms with van der Waals surface area (Å²) < 4.78 is 11.4. The molecule has 5 heteroatoms. The quantitative estimate of drug-likeness (QED) is 0.866. The van der Waals surface area contributed by atoms with Crippen LogP contribution in [0.1, 0.15) is 25.6 Å². The van der Waals surface area contributed by atoms with Gasteiger partial charge in [0.2, 0.25) is 0 Å². The number of hydrogen-bond donors (Lipinski definition) is 1. The van der Waals surface area contributed by atoms with E-state index in [0.717, 1.165) is 28.6 Å². The summed E-state index contributed by atoms with van der Waals surface area (Å²) in [5.41, 5.74) is 1.70. The van der Waals surface area contributed by atoms with Gasteiger partial charge in [0.25, 0.3) is 0 Å². The number of ether oxygens (including phenoxy) is 2. The standard InChI is InChI=1S/C15H18N2O2S/c1-9(2)15-16-10(8-13(20)17-15)14-11(18-3)6-5-7-12(14)19-4/h5-9H,1-4H3,(H,16,17,20). The number of aromatic nitrogens is 2. The van der Waals surface area contributed by atoms with Crippen LogP contribution < -0.4 is 9.47 Å².